The number of methoxy groups -OCH3 is 2. The van der Waals surface area contributed by atoms with E-state index in [0.717, 1.165) is 31.2 Å². The second-order valence-corrected chi connectivity index (χ2v) is 10.9. The molecule has 11 heteroatoms. The van der Waals surface area contributed by atoms with E-state index in [1.54, 1.807) is 32.4 Å². The van der Waals surface area contributed by atoms with E-state index in [1.807, 2.05) is 26.8 Å². The highest BCUT2D eigenvalue weighted by atomic mass is 28.4. The normalized spacial score (nSPS) is 11.4. The fraction of sp³-hybridized carbons (Fsp3) is 0.630. The molecule has 0 radical (unpaired) electrons. The number of unbranched alkanes of at least 4 members (excludes halogenated alkanes) is 3. The van der Waals surface area contributed by atoms with Crippen LogP contribution in [0, 0.1) is 0 Å². The van der Waals surface area contributed by atoms with Gasteiger partial charge < -0.3 is 37.5 Å². The summed E-state index contributed by atoms with van der Waals surface area (Å²) in [6.07, 6.45) is 6.54. The van der Waals surface area contributed by atoms with Gasteiger partial charge in [0.25, 0.3) is 0 Å². The number of nitrogens with one attached hydrogen (secondary N) is 1. The summed E-state index contributed by atoms with van der Waals surface area (Å²) in [7, 11) is 0.445. The summed E-state index contributed by atoms with van der Waals surface area (Å²) in [5.74, 6) is 0.817. The van der Waals surface area contributed by atoms with Gasteiger partial charge in [0.2, 0.25) is 0 Å². The van der Waals surface area contributed by atoms with Crippen LogP contribution in [0.25, 0.3) is 6.08 Å². The Morgan fingerprint density at radius 2 is 1.42 bits per heavy atom. The van der Waals surface area contributed by atoms with Gasteiger partial charge in [-0.1, -0.05) is 6.07 Å². The molecule has 1 aromatic rings. The molecule has 1 N–H and O–H groups in total. The maximum Gasteiger partial charge on any atom is 0.500 e. The molecule has 1 rings (SSSR count). The molecule has 10 nitrogen and oxygen atoms in total. The standard InChI is InChI=1S/C27H45NO9Si/c1-6-35-38(36-7-2,37-8-3)21-13-18-28-27(30)34-20-12-10-9-11-19-33-26(29)17-15-23-14-16-24(31-4)25(22-23)32-5/h14-17,22H,6-13,18-21H2,1-5H3,(H,28,30)/b17-15+. The van der Waals surface area contributed by atoms with Crippen LogP contribution in [0.15, 0.2) is 24.3 Å². The van der Waals surface area contributed by atoms with E-state index in [9.17, 15) is 9.59 Å². The number of hydrogen-bond acceptors (Lipinski definition) is 9. The SMILES string of the molecule is CCO[Si](CCCNC(=O)OCCCCCCOC(=O)/C=C/c1ccc(OC)c(OC)c1)(OCC)OCC. The fourth-order valence-corrected chi connectivity index (χ4v) is 6.22. The summed E-state index contributed by atoms with van der Waals surface area (Å²) in [4.78, 5) is 23.8. The fourth-order valence-electron chi connectivity index (χ4n) is 3.61. The third-order valence-corrected chi connectivity index (χ3v) is 8.51. The van der Waals surface area contributed by atoms with Crippen LogP contribution in [-0.2, 0) is 27.5 Å². The minimum Gasteiger partial charge on any atom is -0.493 e. The van der Waals surface area contributed by atoms with Gasteiger partial charge in [-0.25, -0.2) is 9.59 Å². The average Bonchev–Trinajstić information content (AvgIpc) is 2.91. The molecule has 0 fully saturated rings. The van der Waals surface area contributed by atoms with Crippen LogP contribution in [0.1, 0.15) is 58.4 Å². The molecule has 0 aliphatic heterocycles. The largest absolute Gasteiger partial charge is 0.500 e. The van der Waals surface area contributed by atoms with Crippen molar-refractivity contribution in [3.63, 3.8) is 0 Å². The molecule has 0 aromatic heterocycles. The van der Waals surface area contributed by atoms with E-state index >= 15 is 0 Å². The molecule has 216 valence electrons. The molecular formula is C27H45NO9Si. The number of alkyl carbamates (subject to hydrolysis) is 1. The second-order valence-electron chi connectivity index (χ2n) is 8.18. The Morgan fingerprint density at radius 1 is 0.816 bits per heavy atom. The Bertz CT molecular complexity index is 818. The lowest BCUT2D eigenvalue weighted by Gasteiger charge is -2.28. The molecule has 0 aliphatic rings. The lowest BCUT2D eigenvalue weighted by atomic mass is 10.2. The first-order valence-electron chi connectivity index (χ1n) is 13.3. The molecule has 0 aliphatic carbocycles. The zero-order valence-electron chi connectivity index (χ0n) is 23.5. The molecule has 38 heavy (non-hydrogen) atoms. The van der Waals surface area contributed by atoms with Crippen molar-refractivity contribution in [3.8, 4) is 11.5 Å². The van der Waals surface area contributed by atoms with E-state index < -0.39 is 20.9 Å². The Hall–Kier alpha value is -2.60. The van der Waals surface area contributed by atoms with Gasteiger partial charge in [0.1, 0.15) is 0 Å². The van der Waals surface area contributed by atoms with Gasteiger partial charge in [0.05, 0.1) is 27.4 Å². The van der Waals surface area contributed by atoms with Gasteiger partial charge in [-0.2, -0.15) is 0 Å². The molecule has 1 aromatic carbocycles. The molecule has 0 bridgehead atoms. The third kappa shape index (κ3) is 13.8. The van der Waals surface area contributed by atoms with Crippen molar-refractivity contribution in [1.29, 1.82) is 0 Å². The first kappa shape index (κ1) is 33.4. The summed E-state index contributed by atoms with van der Waals surface area (Å²) in [5.41, 5.74) is 0.806. The topological polar surface area (TPSA) is 111 Å². The first-order chi connectivity index (χ1) is 18.4. The van der Waals surface area contributed by atoms with Crippen LogP contribution in [0.5, 0.6) is 11.5 Å². The maximum absolute atomic E-state index is 11.9. The van der Waals surface area contributed by atoms with Crippen molar-refractivity contribution in [2.24, 2.45) is 0 Å². The zero-order chi connectivity index (χ0) is 28.1. The summed E-state index contributed by atoms with van der Waals surface area (Å²) in [6, 6.07) is 6.02. The lowest BCUT2D eigenvalue weighted by Crippen LogP contribution is -2.46. The van der Waals surface area contributed by atoms with Crippen molar-refractivity contribution in [3.05, 3.63) is 29.8 Å². The minimum absolute atomic E-state index is 0.340. The van der Waals surface area contributed by atoms with Gasteiger partial charge >= 0.3 is 20.9 Å². The Kier molecular flexibility index (Phi) is 17.9. The Balaban J connectivity index is 2.12. The van der Waals surface area contributed by atoms with Gasteiger partial charge in [-0.15, -0.1) is 0 Å². The van der Waals surface area contributed by atoms with Crippen LogP contribution >= 0.6 is 0 Å². The Morgan fingerprint density at radius 3 is 2.00 bits per heavy atom. The number of carbonyl (C=O) groups excluding carboxylic acids is 2. The van der Waals surface area contributed by atoms with Gasteiger partial charge in [0.15, 0.2) is 11.5 Å². The predicted octanol–water partition coefficient (Wildman–Crippen LogP) is 4.99. The highest BCUT2D eigenvalue weighted by molar-refractivity contribution is 6.60. The summed E-state index contributed by atoms with van der Waals surface area (Å²) in [6.45, 7) is 8.49. The van der Waals surface area contributed by atoms with Crippen molar-refractivity contribution in [1.82, 2.24) is 5.32 Å². The third-order valence-electron chi connectivity index (χ3n) is 5.36. The lowest BCUT2D eigenvalue weighted by molar-refractivity contribution is -0.137. The number of ether oxygens (including phenoxy) is 4. The molecule has 0 atom stereocenters. The highest BCUT2D eigenvalue weighted by Crippen LogP contribution is 2.28. The summed E-state index contributed by atoms with van der Waals surface area (Å²) >= 11 is 0. The van der Waals surface area contributed by atoms with Crippen LogP contribution in [0.4, 0.5) is 4.79 Å². The van der Waals surface area contributed by atoms with Crippen molar-refractivity contribution >= 4 is 26.9 Å². The number of carbonyl (C=O) groups is 2. The average molecular weight is 556 g/mol. The minimum atomic E-state index is -2.69. The molecule has 1 amide bonds. The molecule has 0 saturated heterocycles. The Labute approximate surface area is 228 Å². The highest BCUT2D eigenvalue weighted by Gasteiger charge is 2.39. The van der Waals surface area contributed by atoms with Gasteiger partial charge in [-0.3, -0.25) is 0 Å². The second kappa shape index (κ2) is 20.4. The number of amides is 1. The predicted molar refractivity (Wildman–Crippen MR) is 147 cm³/mol. The maximum atomic E-state index is 11.9. The van der Waals surface area contributed by atoms with Crippen LogP contribution in [0.2, 0.25) is 6.04 Å². The monoisotopic (exact) mass is 555 g/mol. The molecule has 0 unspecified atom stereocenters. The van der Waals surface area contributed by atoms with E-state index in [4.69, 9.17) is 32.2 Å². The van der Waals surface area contributed by atoms with E-state index in [-0.39, 0.29) is 0 Å². The van der Waals surface area contributed by atoms with Gasteiger partial charge in [-0.05, 0) is 76.6 Å². The molecule has 0 spiro atoms. The number of esters is 1. The van der Waals surface area contributed by atoms with Crippen LogP contribution in [-0.4, -0.2) is 74.7 Å². The summed E-state index contributed by atoms with van der Waals surface area (Å²) < 4.78 is 38.3. The first-order valence-corrected chi connectivity index (χ1v) is 15.3. The smallest absolute Gasteiger partial charge is 0.493 e. The molecule has 0 heterocycles. The number of rotatable bonds is 21. The van der Waals surface area contributed by atoms with E-state index in [1.165, 1.54) is 6.08 Å². The molecular weight excluding hydrogens is 510 g/mol. The molecule has 0 saturated carbocycles. The van der Waals surface area contributed by atoms with Crippen LogP contribution < -0.4 is 14.8 Å². The van der Waals surface area contributed by atoms with E-state index in [2.05, 4.69) is 5.32 Å². The van der Waals surface area contributed by atoms with Gasteiger partial charge in [0, 0.05) is 38.5 Å². The number of benzene rings is 1. The van der Waals surface area contributed by atoms with Crippen molar-refractivity contribution in [2.45, 2.75) is 58.9 Å². The van der Waals surface area contributed by atoms with Crippen LogP contribution in [0.3, 0.4) is 0 Å². The summed E-state index contributed by atoms with van der Waals surface area (Å²) in [5, 5.41) is 2.76. The number of hydrogen-bond donors (Lipinski definition) is 1. The zero-order valence-corrected chi connectivity index (χ0v) is 24.5. The van der Waals surface area contributed by atoms with Crippen molar-refractivity contribution in [2.75, 3.05) is 53.8 Å². The van der Waals surface area contributed by atoms with Crippen molar-refractivity contribution < 1.29 is 41.8 Å². The van der Waals surface area contributed by atoms with E-state index in [0.29, 0.717) is 63.5 Å². The quantitative estimate of drug-likeness (QED) is 0.0971.